The first-order valence-electron chi connectivity index (χ1n) is 6.95. The highest BCUT2D eigenvalue weighted by atomic mass is 16.5. The number of carbonyl (C=O) groups is 2. The lowest BCUT2D eigenvalue weighted by atomic mass is 10.2. The number of hydrogen-bond donors (Lipinski definition) is 2. The Morgan fingerprint density at radius 2 is 1.68 bits per heavy atom. The van der Waals surface area contributed by atoms with E-state index >= 15 is 0 Å². The highest BCUT2D eigenvalue weighted by molar-refractivity contribution is 5.94. The fourth-order valence-corrected chi connectivity index (χ4v) is 1.83. The Bertz CT molecular complexity index is 641. The zero-order chi connectivity index (χ0) is 15.8. The number of benzene rings is 2. The molecule has 5 heteroatoms. The summed E-state index contributed by atoms with van der Waals surface area (Å²) < 4.78 is 5.02. The molecule has 22 heavy (non-hydrogen) atoms. The maximum Gasteiger partial charge on any atom is 0.407 e. The number of rotatable bonds is 5. The summed E-state index contributed by atoms with van der Waals surface area (Å²) in [7, 11) is 0. The smallest absolute Gasteiger partial charge is 0.407 e. The van der Waals surface area contributed by atoms with Crippen LogP contribution >= 0.6 is 0 Å². The molecule has 2 amide bonds. The summed E-state index contributed by atoms with van der Waals surface area (Å²) in [5, 5.41) is 5.15. The predicted octanol–water partition coefficient (Wildman–Crippen LogP) is 2.86. The average molecular weight is 298 g/mol. The maximum atomic E-state index is 11.8. The van der Waals surface area contributed by atoms with Crippen molar-refractivity contribution in [2.75, 3.05) is 11.9 Å². The van der Waals surface area contributed by atoms with Crippen LogP contribution in [0.3, 0.4) is 0 Å². The van der Waals surface area contributed by atoms with Gasteiger partial charge in [0.1, 0.15) is 13.2 Å². The lowest BCUT2D eigenvalue weighted by molar-refractivity contribution is -0.115. The van der Waals surface area contributed by atoms with Gasteiger partial charge in [0.15, 0.2) is 0 Å². The first-order valence-corrected chi connectivity index (χ1v) is 6.95. The minimum absolute atomic E-state index is 0.137. The number of aryl methyl sites for hydroxylation is 1. The highest BCUT2D eigenvalue weighted by Gasteiger charge is 2.07. The number of ether oxygens (including phenoxy) is 1. The van der Waals surface area contributed by atoms with Crippen molar-refractivity contribution in [2.45, 2.75) is 13.5 Å². The Kier molecular flexibility index (Phi) is 5.54. The van der Waals surface area contributed by atoms with Crippen LogP contribution in [0.15, 0.2) is 54.6 Å². The Balaban J connectivity index is 1.72. The average Bonchev–Trinajstić information content (AvgIpc) is 2.54. The quantitative estimate of drug-likeness (QED) is 0.892. The van der Waals surface area contributed by atoms with Gasteiger partial charge in [-0.15, -0.1) is 0 Å². The lowest BCUT2D eigenvalue weighted by Gasteiger charge is -2.09. The molecule has 0 saturated heterocycles. The van der Waals surface area contributed by atoms with Gasteiger partial charge in [-0.1, -0.05) is 48.5 Å². The minimum Gasteiger partial charge on any atom is -0.445 e. The van der Waals surface area contributed by atoms with Gasteiger partial charge in [-0.05, 0) is 24.1 Å². The fourth-order valence-electron chi connectivity index (χ4n) is 1.83. The van der Waals surface area contributed by atoms with E-state index < -0.39 is 6.09 Å². The summed E-state index contributed by atoms with van der Waals surface area (Å²) in [4.78, 5) is 23.3. The van der Waals surface area contributed by atoms with Crippen molar-refractivity contribution < 1.29 is 14.3 Å². The Hall–Kier alpha value is -2.82. The molecular weight excluding hydrogens is 280 g/mol. The molecule has 0 heterocycles. The number of amides is 2. The molecule has 0 unspecified atom stereocenters. The summed E-state index contributed by atoms with van der Waals surface area (Å²) in [5.74, 6) is -0.300. The fraction of sp³-hybridized carbons (Fsp3) is 0.176. The zero-order valence-corrected chi connectivity index (χ0v) is 12.3. The third-order valence-electron chi connectivity index (χ3n) is 3.03. The van der Waals surface area contributed by atoms with Crippen LogP contribution in [0.1, 0.15) is 11.1 Å². The second-order valence-corrected chi connectivity index (χ2v) is 4.78. The monoisotopic (exact) mass is 298 g/mol. The third kappa shape index (κ3) is 4.94. The summed E-state index contributed by atoms with van der Waals surface area (Å²) in [6.07, 6.45) is -0.621. The van der Waals surface area contributed by atoms with E-state index in [1.54, 1.807) is 6.07 Å². The van der Waals surface area contributed by atoms with E-state index in [9.17, 15) is 9.59 Å². The summed E-state index contributed by atoms with van der Waals surface area (Å²) >= 11 is 0. The van der Waals surface area contributed by atoms with Crippen LogP contribution in [0.4, 0.5) is 10.5 Å². The van der Waals surface area contributed by atoms with Crippen molar-refractivity contribution in [1.29, 1.82) is 0 Å². The number of alkyl carbamates (subject to hydrolysis) is 1. The summed E-state index contributed by atoms with van der Waals surface area (Å²) in [6, 6.07) is 16.8. The number of nitrogens with one attached hydrogen (secondary N) is 2. The van der Waals surface area contributed by atoms with Crippen LogP contribution in [0.5, 0.6) is 0 Å². The molecule has 0 atom stereocenters. The lowest BCUT2D eigenvalue weighted by Crippen LogP contribution is -2.33. The van der Waals surface area contributed by atoms with Crippen LogP contribution in [0, 0.1) is 6.92 Å². The second kappa shape index (κ2) is 7.83. The molecular formula is C17H18N2O3. The first-order chi connectivity index (χ1) is 10.6. The van der Waals surface area contributed by atoms with Crippen molar-refractivity contribution in [1.82, 2.24) is 5.32 Å². The van der Waals surface area contributed by atoms with Crippen LogP contribution in [-0.2, 0) is 16.1 Å². The molecule has 0 aliphatic heterocycles. The predicted molar refractivity (Wildman–Crippen MR) is 84.4 cm³/mol. The summed E-state index contributed by atoms with van der Waals surface area (Å²) in [6.45, 7) is 1.94. The molecule has 0 spiro atoms. The number of anilines is 1. The van der Waals surface area contributed by atoms with Gasteiger partial charge < -0.3 is 15.4 Å². The van der Waals surface area contributed by atoms with E-state index in [0.29, 0.717) is 0 Å². The Morgan fingerprint density at radius 3 is 2.41 bits per heavy atom. The highest BCUT2D eigenvalue weighted by Crippen LogP contribution is 2.12. The van der Waals surface area contributed by atoms with Gasteiger partial charge in [0.05, 0.1) is 0 Å². The van der Waals surface area contributed by atoms with Gasteiger partial charge in [-0.2, -0.15) is 0 Å². The molecule has 0 fully saturated rings. The van der Waals surface area contributed by atoms with Crippen LogP contribution in [0.2, 0.25) is 0 Å². The van der Waals surface area contributed by atoms with Crippen molar-refractivity contribution in [3.05, 3.63) is 65.7 Å². The molecule has 5 nitrogen and oxygen atoms in total. The van der Waals surface area contributed by atoms with Crippen LogP contribution in [0.25, 0.3) is 0 Å². The van der Waals surface area contributed by atoms with E-state index in [4.69, 9.17) is 4.74 Å². The second-order valence-electron chi connectivity index (χ2n) is 4.78. The van der Waals surface area contributed by atoms with Gasteiger partial charge in [0.25, 0.3) is 0 Å². The van der Waals surface area contributed by atoms with E-state index in [-0.39, 0.29) is 19.1 Å². The number of para-hydroxylation sites is 1. The first kappa shape index (κ1) is 15.6. The zero-order valence-electron chi connectivity index (χ0n) is 12.3. The van der Waals surface area contributed by atoms with E-state index in [2.05, 4.69) is 10.6 Å². The minimum atomic E-state index is -0.621. The molecule has 0 radical (unpaired) electrons. The normalized spacial score (nSPS) is 9.86. The largest absolute Gasteiger partial charge is 0.445 e. The number of carbonyl (C=O) groups excluding carboxylic acids is 2. The van der Waals surface area contributed by atoms with Crippen molar-refractivity contribution in [3.63, 3.8) is 0 Å². The van der Waals surface area contributed by atoms with E-state index in [1.165, 1.54) is 0 Å². The molecule has 114 valence electrons. The van der Waals surface area contributed by atoms with Gasteiger partial charge in [0.2, 0.25) is 5.91 Å². The van der Waals surface area contributed by atoms with Crippen molar-refractivity contribution >= 4 is 17.7 Å². The van der Waals surface area contributed by atoms with Gasteiger partial charge in [-0.3, -0.25) is 4.79 Å². The molecule has 0 saturated carbocycles. The number of hydrogen-bond acceptors (Lipinski definition) is 3. The Morgan fingerprint density at radius 1 is 1.00 bits per heavy atom. The molecule has 0 aromatic heterocycles. The topological polar surface area (TPSA) is 67.4 Å². The molecule has 0 aliphatic rings. The Labute approximate surface area is 129 Å². The van der Waals surface area contributed by atoms with Gasteiger partial charge in [0, 0.05) is 5.69 Å². The molecule has 2 rings (SSSR count). The molecule has 2 aromatic carbocycles. The van der Waals surface area contributed by atoms with E-state index in [0.717, 1.165) is 16.8 Å². The maximum absolute atomic E-state index is 11.8. The molecule has 2 aromatic rings. The SMILES string of the molecule is Cc1ccccc1NC(=O)CNC(=O)OCc1ccccc1. The van der Waals surface area contributed by atoms with Crippen molar-refractivity contribution in [2.24, 2.45) is 0 Å². The standard InChI is InChI=1S/C17H18N2O3/c1-13-7-5-6-10-15(13)19-16(20)11-18-17(21)22-12-14-8-3-2-4-9-14/h2-10H,11-12H2,1H3,(H,18,21)(H,19,20). The third-order valence-corrected chi connectivity index (χ3v) is 3.03. The molecule has 0 bridgehead atoms. The van der Waals surface area contributed by atoms with Crippen LogP contribution in [-0.4, -0.2) is 18.5 Å². The molecule has 2 N–H and O–H groups in total. The molecule has 0 aliphatic carbocycles. The van der Waals surface area contributed by atoms with Crippen molar-refractivity contribution in [3.8, 4) is 0 Å². The van der Waals surface area contributed by atoms with Gasteiger partial charge >= 0.3 is 6.09 Å². The van der Waals surface area contributed by atoms with E-state index in [1.807, 2.05) is 55.5 Å². The van der Waals surface area contributed by atoms with Gasteiger partial charge in [-0.25, -0.2) is 4.79 Å². The van der Waals surface area contributed by atoms with Crippen LogP contribution < -0.4 is 10.6 Å². The summed E-state index contributed by atoms with van der Waals surface area (Å²) in [5.41, 5.74) is 2.58.